The maximum Gasteiger partial charge on any atom is 0.293 e. The lowest BCUT2D eigenvalue weighted by Crippen LogP contribution is -2.36. The van der Waals surface area contributed by atoms with Gasteiger partial charge in [0.15, 0.2) is 9.84 Å². The largest absolute Gasteiger partial charge is 0.497 e. The first-order valence-electron chi connectivity index (χ1n) is 6.92. The van der Waals surface area contributed by atoms with Gasteiger partial charge in [-0.2, -0.15) is 0 Å². The molecule has 0 bridgehead atoms. The summed E-state index contributed by atoms with van der Waals surface area (Å²) in [6.45, 7) is 0. The molecule has 2 aromatic rings. The molecule has 23 heavy (non-hydrogen) atoms. The number of tetrazole rings is 1. The van der Waals surface area contributed by atoms with Gasteiger partial charge in [0.25, 0.3) is 11.7 Å². The summed E-state index contributed by atoms with van der Waals surface area (Å²) in [5, 5.41) is 14.1. The Morgan fingerprint density at radius 3 is 2.70 bits per heavy atom. The lowest BCUT2D eigenvalue weighted by Gasteiger charge is -2.07. The van der Waals surface area contributed by atoms with E-state index in [1.165, 1.54) is 4.80 Å². The standard InChI is InChI=1S/C13H15N5O4S/c1-22-11-4-2-10(3-5-11)18-16-12(15-17-18)13(19)14-9-6-7-23(20,21)8-9/h2-5,9H,6-8H2,1H3,(H,14,19)/t9-/m0/s1. The number of ether oxygens (including phenoxy) is 1. The predicted molar refractivity (Wildman–Crippen MR) is 80.2 cm³/mol. The summed E-state index contributed by atoms with van der Waals surface area (Å²) in [7, 11) is -1.49. The zero-order chi connectivity index (χ0) is 16.4. The second-order valence-corrected chi connectivity index (χ2v) is 7.40. The van der Waals surface area contributed by atoms with Gasteiger partial charge in [0.2, 0.25) is 0 Å². The Labute approximate surface area is 132 Å². The van der Waals surface area contributed by atoms with Gasteiger partial charge in [-0.3, -0.25) is 4.79 Å². The number of methoxy groups -OCH3 is 1. The molecule has 122 valence electrons. The van der Waals surface area contributed by atoms with E-state index in [1.54, 1.807) is 31.4 Å². The number of nitrogens with one attached hydrogen (secondary N) is 1. The summed E-state index contributed by atoms with van der Waals surface area (Å²) < 4.78 is 27.8. The van der Waals surface area contributed by atoms with Gasteiger partial charge in [-0.15, -0.1) is 15.0 Å². The monoisotopic (exact) mass is 337 g/mol. The quantitative estimate of drug-likeness (QED) is 0.806. The molecule has 0 saturated carbocycles. The smallest absolute Gasteiger partial charge is 0.293 e. The first-order chi connectivity index (χ1) is 11.0. The third-order valence-corrected chi connectivity index (χ3v) is 5.26. The molecule has 1 amide bonds. The van der Waals surface area contributed by atoms with Crippen molar-refractivity contribution in [2.75, 3.05) is 18.6 Å². The minimum atomic E-state index is -3.06. The van der Waals surface area contributed by atoms with E-state index < -0.39 is 21.8 Å². The van der Waals surface area contributed by atoms with Gasteiger partial charge in [0.05, 0.1) is 24.3 Å². The third-order valence-electron chi connectivity index (χ3n) is 3.49. The molecule has 2 heterocycles. The van der Waals surface area contributed by atoms with Crippen molar-refractivity contribution in [2.24, 2.45) is 0 Å². The van der Waals surface area contributed by atoms with Crippen LogP contribution < -0.4 is 10.1 Å². The van der Waals surface area contributed by atoms with Gasteiger partial charge in [-0.05, 0) is 35.9 Å². The van der Waals surface area contributed by atoms with Gasteiger partial charge in [-0.25, -0.2) is 8.42 Å². The lowest BCUT2D eigenvalue weighted by atomic mass is 10.2. The van der Waals surface area contributed by atoms with E-state index in [-0.39, 0.29) is 17.3 Å². The molecule has 3 rings (SSSR count). The maximum atomic E-state index is 12.1. The van der Waals surface area contributed by atoms with Crippen LogP contribution in [0, 0.1) is 0 Å². The minimum Gasteiger partial charge on any atom is -0.497 e. The van der Waals surface area contributed by atoms with Crippen LogP contribution in [0.1, 0.15) is 17.0 Å². The molecule has 0 aliphatic carbocycles. The maximum absolute atomic E-state index is 12.1. The normalized spacial score (nSPS) is 19.4. The van der Waals surface area contributed by atoms with Crippen LogP contribution in [-0.2, 0) is 9.84 Å². The number of nitrogens with zero attached hydrogens (tertiary/aromatic N) is 4. The van der Waals surface area contributed by atoms with Crippen molar-refractivity contribution in [2.45, 2.75) is 12.5 Å². The summed E-state index contributed by atoms with van der Waals surface area (Å²) in [5.41, 5.74) is 0.626. The highest BCUT2D eigenvalue weighted by Crippen LogP contribution is 2.14. The Kier molecular flexibility index (Phi) is 3.99. The molecule has 1 aliphatic rings. The molecule has 1 atom stereocenters. The Balaban J connectivity index is 1.69. The van der Waals surface area contributed by atoms with E-state index >= 15 is 0 Å². The van der Waals surface area contributed by atoms with Gasteiger partial charge in [0.1, 0.15) is 5.75 Å². The Bertz CT molecular complexity index is 815. The molecule has 0 unspecified atom stereocenters. The van der Waals surface area contributed by atoms with Crippen LogP contribution in [0.3, 0.4) is 0 Å². The average Bonchev–Trinajstić information content (AvgIpc) is 3.14. The molecular weight excluding hydrogens is 322 g/mol. The minimum absolute atomic E-state index is 0.0502. The van der Waals surface area contributed by atoms with Crippen LogP contribution in [-0.4, -0.2) is 59.2 Å². The number of aromatic nitrogens is 4. The fraction of sp³-hybridized carbons (Fsp3) is 0.385. The number of hydrogen-bond donors (Lipinski definition) is 1. The van der Waals surface area contributed by atoms with Gasteiger partial charge >= 0.3 is 0 Å². The highest BCUT2D eigenvalue weighted by Gasteiger charge is 2.30. The summed E-state index contributed by atoms with van der Waals surface area (Å²) in [6, 6.07) is 6.53. The van der Waals surface area contributed by atoms with E-state index in [0.29, 0.717) is 17.9 Å². The van der Waals surface area contributed by atoms with Crippen molar-refractivity contribution >= 4 is 15.7 Å². The fourth-order valence-electron chi connectivity index (χ4n) is 2.29. The third kappa shape index (κ3) is 3.47. The van der Waals surface area contributed by atoms with E-state index in [2.05, 4.69) is 20.7 Å². The van der Waals surface area contributed by atoms with Crippen molar-refractivity contribution < 1.29 is 17.9 Å². The number of amides is 1. The van der Waals surface area contributed by atoms with Crippen molar-refractivity contribution in [1.29, 1.82) is 0 Å². The van der Waals surface area contributed by atoms with E-state index in [4.69, 9.17) is 4.74 Å². The number of sulfone groups is 1. The highest BCUT2D eigenvalue weighted by atomic mass is 32.2. The van der Waals surface area contributed by atoms with Crippen LogP contribution in [0.5, 0.6) is 5.75 Å². The van der Waals surface area contributed by atoms with Crippen molar-refractivity contribution in [1.82, 2.24) is 25.5 Å². The SMILES string of the molecule is COc1ccc(-n2nnc(C(=O)N[C@H]3CCS(=O)(=O)C3)n2)cc1. The average molecular weight is 337 g/mol. The van der Waals surface area contributed by atoms with Crippen molar-refractivity contribution in [3.8, 4) is 11.4 Å². The van der Waals surface area contributed by atoms with E-state index in [9.17, 15) is 13.2 Å². The number of rotatable bonds is 4. The van der Waals surface area contributed by atoms with E-state index in [1.807, 2.05) is 0 Å². The molecule has 0 spiro atoms. The zero-order valence-corrected chi connectivity index (χ0v) is 13.2. The molecule has 1 aromatic carbocycles. The summed E-state index contributed by atoms with van der Waals surface area (Å²) >= 11 is 0. The van der Waals surface area contributed by atoms with Crippen LogP contribution in [0.15, 0.2) is 24.3 Å². The van der Waals surface area contributed by atoms with Crippen LogP contribution >= 0.6 is 0 Å². The molecule has 1 N–H and O–H groups in total. The molecule has 1 aliphatic heterocycles. The number of hydrogen-bond acceptors (Lipinski definition) is 7. The molecule has 9 nitrogen and oxygen atoms in total. The summed E-state index contributed by atoms with van der Waals surface area (Å²) in [4.78, 5) is 13.3. The second-order valence-electron chi connectivity index (χ2n) is 5.17. The van der Waals surface area contributed by atoms with Gasteiger partial charge < -0.3 is 10.1 Å². The van der Waals surface area contributed by atoms with E-state index in [0.717, 1.165) is 0 Å². The fourth-order valence-corrected chi connectivity index (χ4v) is 3.96. The Morgan fingerprint density at radius 1 is 1.35 bits per heavy atom. The first kappa shape index (κ1) is 15.4. The Hall–Kier alpha value is -2.49. The molecule has 1 saturated heterocycles. The molecule has 1 aromatic heterocycles. The van der Waals surface area contributed by atoms with Gasteiger partial charge in [0, 0.05) is 6.04 Å². The van der Waals surface area contributed by atoms with Crippen molar-refractivity contribution in [3.63, 3.8) is 0 Å². The number of carbonyl (C=O) groups excluding carboxylic acids is 1. The molecule has 10 heteroatoms. The number of benzene rings is 1. The topological polar surface area (TPSA) is 116 Å². The highest BCUT2D eigenvalue weighted by molar-refractivity contribution is 7.91. The number of carbonyl (C=O) groups is 1. The molecule has 1 fully saturated rings. The Morgan fingerprint density at radius 2 is 2.09 bits per heavy atom. The van der Waals surface area contributed by atoms with Crippen LogP contribution in [0.25, 0.3) is 5.69 Å². The van der Waals surface area contributed by atoms with Crippen LogP contribution in [0.2, 0.25) is 0 Å². The predicted octanol–water partition coefficient (Wildman–Crippen LogP) is -0.412. The van der Waals surface area contributed by atoms with Crippen LogP contribution in [0.4, 0.5) is 0 Å². The summed E-state index contributed by atoms with van der Waals surface area (Å²) in [5.74, 6) is 0.0844. The summed E-state index contributed by atoms with van der Waals surface area (Å²) in [6.07, 6.45) is 0.403. The molecule has 0 radical (unpaired) electrons. The van der Waals surface area contributed by atoms with Gasteiger partial charge in [-0.1, -0.05) is 0 Å². The lowest BCUT2D eigenvalue weighted by molar-refractivity contribution is 0.0930. The first-order valence-corrected chi connectivity index (χ1v) is 8.75. The second kappa shape index (κ2) is 5.95. The molecular formula is C13H15N5O4S. The van der Waals surface area contributed by atoms with Crippen molar-refractivity contribution in [3.05, 3.63) is 30.1 Å². The zero-order valence-electron chi connectivity index (χ0n) is 12.3.